The molecule has 0 aliphatic rings. The molecule has 0 aliphatic carbocycles. The Balaban J connectivity index is 1.71. The number of esters is 1. The monoisotopic (exact) mass is 457 g/mol. The van der Waals surface area contributed by atoms with E-state index in [0.717, 1.165) is 0 Å². The number of benzene rings is 1. The number of amides is 1. The van der Waals surface area contributed by atoms with Gasteiger partial charge in [-0.05, 0) is 49.4 Å². The zero-order valence-electron chi connectivity index (χ0n) is 18.8. The molecule has 0 bridgehead atoms. The second-order valence-corrected chi connectivity index (χ2v) is 7.40. The third kappa shape index (κ3) is 4.66. The number of nitrogens with zero attached hydrogens (tertiary/aromatic N) is 2. The molecule has 3 heterocycles. The van der Waals surface area contributed by atoms with Crippen LogP contribution in [0.15, 0.2) is 73.1 Å². The number of carbonyl (C=O) groups is 3. The Morgan fingerprint density at radius 3 is 2.56 bits per heavy atom. The highest BCUT2D eigenvalue weighted by Crippen LogP contribution is 2.23. The number of ether oxygens (including phenoxy) is 2. The number of pyridine rings is 2. The first kappa shape index (κ1) is 22.7. The fourth-order valence-electron chi connectivity index (χ4n) is 3.58. The minimum atomic E-state index is -0.574. The molecular weight excluding hydrogens is 434 g/mol. The molecule has 34 heavy (non-hydrogen) atoms. The maximum Gasteiger partial charge on any atom is 0.340 e. The molecule has 4 rings (SSSR count). The average Bonchev–Trinajstić information content (AvgIpc) is 3.27. The van der Waals surface area contributed by atoms with Crippen LogP contribution >= 0.6 is 0 Å². The van der Waals surface area contributed by atoms with Crippen LogP contribution in [0, 0.1) is 0 Å². The number of aromatic nitrogens is 2. The van der Waals surface area contributed by atoms with E-state index in [9.17, 15) is 14.4 Å². The number of hydrogen-bond acceptors (Lipinski definition) is 6. The van der Waals surface area contributed by atoms with Crippen LogP contribution in [0.25, 0.3) is 5.52 Å². The number of methoxy groups -OCH3 is 1. The summed E-state index contributed by atoms with van der Waals surface area (Å²) in [6.45, 7) is 2.11. The molecule has 3 aromatic heterocycles. The molecule has 1 aromatic carbocycles. The summed E-state index contributed by atoms with van der Waals surface area (Å²) in [5, 5.41) is 2.81. The van der Waals surface area contributed by atoms with Crippen molar-refractivity contribution in [2.45, 2.75) is 13.5 Å². The summed E-state index contributed by atoms with van der Waals surface area (Å²) in [5.74, 6) is -0.634. The Labute approximate surface area is 196 Å². The molecule has 0 atom stereocenters. The van der Waals surface area contributed by atoms with Gasteiger partial charge in [0.2, 0.25) is 0 Å². The van der Waals surface area contributed by atoms with Crippen LogP contribution in [-0.4, -0.2) is 40.8 Å². The molecule has 1 amide bonds. The van der Waals surface area contributed by atoms with Crippen molar-refractivity contribution >= 4 is 23.2 Å². The van der Waals surface area contributed by atoms with Crippen molar-refractivity contribution < 1.29 is 23.9 Å². The van der Waals surface area contributed by atoms with Gasteiger partial charge >= 0.3 is 5.97 Å². The highest BCUT2D eigenvalue weighted by Gasteiger charge is 2.22. The fourth-order valence-corrected chi connectivity index (χ4v) is 3.58. The molecule has 0 aliphatic heterocycles. The summed E-state index contributed by atoms with van der Waals surface area (Å²) in [5.41, 5.74) is 2.36. The lowest BCUT2D eigenvalue weighted by Gasteiger charge is -2.08. The fraction of sp³-hybridized carbons (Fsp3) is 0.154. The van der Waals surface area contributed by atoms with E-state index < -0.39 is 5.97 Å². The Morgan fingerprint density at radius 1 is 1.00 bits per heavy atom. The largest absolute Gasteiger partial charge is 0.497 e. The quantitative estimate of drug-likeness (QED) is 0.320. The smallest absolute Gasteiger partial charge is 0.340 e. The third-order valence-electron chi connectivity index (χ3n) is 5.25. The second-order valence-electron chi connectivity index (χ2n) is 7.40. The van der Waals surface area contributed by atoms with Gasteiger partial charge in [0.05, 0.1) is 37.0 Å². The van der Waals surface area contributed by atoms with Gasteiger partial charge in [0.25, 0.3) is 5.91 Å². The van der Waals surface area contributed by atoms with Gasteiger partial charge in [-0.25, -0.2) is 4.79 Å². The summed E-state index contributed by atoms with van der Waals surface area (Å²) >= 11 is 0. The number of fused-ring (bicyclic) bond motifs is 1. The molecular formula is C26H23N3O5. The van der Waals surface area contributed by atoms with E-state index in [4.69, 9.17) is 9.47 Å². The van der Waals surface area contributed by atoms with Crippen LogP contribution in [0.3, 0.4) is 0 Å². The van der Waals surface area contributed by atoms with Crippen molar-refractivity contribution in [3.05, 3.63) is 101 Å². The summed E-state index contributed by atoms with van der Waals surface area (Å²) in [4.78, 5) is 42.9. The number of ketones is 1. The Morgan fingerprint density at radius 2 is 1.82 bits per heavy atom. The topological polar surface area (TPSA) is 99.0 Å². The van der Waals surface area contributed by atoms with E-state index in [0.29, 0.717) is 28.1 Å². The lowest BCUT2D eigenvalue weighted by molar-refractivity contribution is 0.0528. The van der Waals surface area contributed by atoms with Crippen molar-refractivity contribution in [3.8, 4) is 5.75 Å². The molecule has 0 unspecified atom stereocenters. The highest BCUT2D eigenvalue weighted by atomic mass is 16.5. The maximum absolute atomic E-state index is 13.1. The molecule has 0 fully saturated rings. The molecule has 8 heteroatoms. The molecule has 8 nitrogen and oxygen atoms in total. The summed E-state index contributed by atoms with van der Waals surface area (Å²) in [6, 6.07) is 16.9. The van der Waals surface area contributed by atoms with Crippen LogP contribution in [0.2, 0.25) is 0 Å². The van der Waals surface area contributed by atoms with E-state index in [1.807, 2.05) is 6.07 Å². The van der Waals surface area contributed by atoms with Crippen LogP contribution < -0.4 is 10.1 Å². The molecule has 0 radical (unpaired) electrons. The van der Waals surface area contributed by atoms with Gasteiger partial charge in [-0.1, -0.05) is 18.2 Å². The van der Waals surface area contributed by atoms with Crippen LogP contribution in [-0.2, 0) is 11.3 Å². The van der Waals surface area contributed by atoms with Crippen molar-refractivity contribution in [1.82, 2.24) is 14.7 Å². The van der Waals surface area contributed by atoms with E-state index in [-0.39, 0.29) is 36.1 Å². The van der Waals surface area contributed by atoms with Crippen LogP contribution in [0.4, 0.5) is 0 Å². The molecule has 1 N–H and O–H groups in total. The SMILES string of the molecule is CCOC(=O)c1cc(C(=O)NCc2ccccn2)n2ccc(C(=O)c3cccc(OC)c3)cc12. The van der Waals surface area contributed by atoms with Crippen molar-refractivity contribution in [2.24, 2.45) is 0 Å². The van der Waals surface area contributed by atoms with Gasteiger partial charge in [0, 0.05) is 23.5 Å². The number of rotatable bonds is 8. The first-order chi connectivity index (χ1) is 16.5. The molecule has 0 saturated heterocycles. The molecule has 4 aromatic rings. The van der Waals surface area contributed by atoms with Gasteiger partial charge in [0.1, 0.15) is 11.4 Å². The Bertz CT molecular complexity index is 1360. The first-order valence-corrected chi connectivity index (χ1v) is 10.7. The number of carbonyl (C=O) groups excluding carboxylic acids is 3. The maximum atomic E-state index is 13.1. The van der Waals surface area contributed by atoms with Crippen LogP contribution in [0.1, 0.15) is 49.4 Å². The zero-order valence-corrected chi connectivity index (χ0v) is 18.8. The van der Waals surface area contributed by atoms with Crippen LogP contribution in [0.5, 0.6) is 5.75 Å². The predicted molar refractivity (Wildman–Crippen MR) is 125 cm³/mol. The third-order valence-corrected chi connectivity index (χ3v) is 5.25. The average molecular weight is 457 g/mol. The first-order valence-electron chi connectivity index (χ1n) is 10.7. The van der Waals surface area contributed by atoms with E-state index >= 15 is 0 Å². The van der Waals surface area contributed by atoms with Crippen molar-refractivity contribution in [1.29, 1.82) is 0 Å². The van der Waals surface area contributed by atoms with Gasteiger partial charge in [-0.2, -0.15) is 0 Å². The van der Waals surface area contributed by atoms with Crippen molar-refractivity contribution in [2.75, 3.05) is 13.7 Å². The Hall–Kier alpha value is -4.46. The molecule has 0 saturated carbocycles. The summed E-state index contributed by atoms with van der Waals surface area (Å²) < 4.78 is 12.0. The summed E-state index contributed by atoms with van der Waals surface area (Å²) in [7, 11) is 1.53. The van der Waals surface area contributed by atoms with Gasteiger partial charge in [0.15, 0.2) is 5.78 Å². The Kier molecular flexibility index (Phi) is 6.68. The normalized spacial score (nSPS) is 10.6. The minimum Gasteiger partial charge on any atom is -0.497 e. The molecule has 172 valence electrons. The number of nitrogens with one attached hydrogen (secondary N) is 1. The lowest BCUT2D eigenvalue weighted by Crippen LogP contribution is -2.24. The number of hydrogen-bond donors (Lipinski definition) is 1. The molecule has 0 spiro atoms. The summed E-state index contributed by atoms with van der Waals surface area (Å²) in [6.07, 6.45) is 3.25. The minimum absolute atomic E-state index is 0.180. The van der Waals surface area contributed by atoms with Gasteiger partial charge in [-0.15, -0.1) is 0 Å². The lowest BCUT2D eigenvalue weighted by atomic mass is 10.0. The van der Waals surface area contributed by atoms with Gasteiger partial charge < -0.3 is 19.2 Å². The predicted octanol–water partition coefficient (Wildman–Crippen LogP) is 3.68. The standard InChI is InChI=1S/C26H23N3O5/c1-3-34-26(32)21-15-23(25(31)28-16-19-8-4-5-11-27-19)29-12-10-18(14-22(21)29)24(30)17-7-6-9-20(13-17)33-2/h4-15H,3,16H2,1-2H3,(H,28,31). The second kappa shape index (κ2) is 9.99. The van der Waals surface area contributed by atoms with E-state index in [1.165, 1.54) is 13.2 Å². The van der Waals surface area contributed by atoms with E-state index in [1.54, 1.807) is 72.2 Å². The van der Waals surface area contributed by atoms with Crippen molar-refractivity contribution in [3.63, 3.8) is 0 Å². The van der Waals surface area contributed by atoms with E-state index in [2.05, 4.69) is 10.3 Å². The van der Waals surface area contributed by atoms with Gasteiger partial charge in [-0.3, -0.25) is 14.6 Å². The highest BCUT2D eigenvalue weighted by molar-refractivity contribution is 6.11. The zero-order chi connectivity index (χ0) is 24.1.